The molecule has 3 aromatic carbocycles. The zero-order valence-corrected chi connectivity index (χ0v) is 28.6. The summed E-state index contributed by atoms with van der Waals surface area (Å²) in [5.74, 6) is -2.23. The van der Waals surface area contributed by atoms with Gasteiger partial charge in [-0.1, -0.05) is 30.3 Å². The quantitative estimate of drug-likeness (QED) is 0.141. The molecular weight excluding hydrogens is 668 g/mol. The minimum Gasteiger partial charge on any atom is -0.497 e. The number of ether oxygens (including phenoxy) is 4. The highest BCUT2D eigenvalue weighted by atomic mass is 32.2. The number of halogens is 2. The Kier molecular flexibility index (Phi) is 10.6. The molecule has 0 N–H and O–H groups in total. The van der Waals surface area contributed by atoms with Crippen LogP contribution >= 0.6 is 0 Å². The second kappa shape index (κ2) is 15.2. The maximum Gasteiger partial charge on any atom is 0.268 e. The zero-order valence-electron chi connectivity index (χ0n) is 27.8. The molecule has 1 saturated carbocycles. The van der Waals surface area contributed by atoms with Crippen molar-refractivity contribution in [3.8, 4) is 17.2 Å². The number of hydrogen-bond donors (Lipinski definition) is 0. The molecule has 6 rings (SSSR count). The van der Waals surface area contributed by atoms with Gasteiger partial charge in [0.15, 0.2) is 11.6 Å². The van der Waals surface area contributed by atoms with Crippen LogP contribution in [0.15, 0.2) is 96.4 Å². The van der Waals surface area contributed by atoms with Crippen molar-refractivity contribution in [2.75, 3.05) is 18.5 Å². The summed E-state index contributed by atoms with van der Waals surface area (Å²) in [5.41, 5.74) is 2.26. The van der Waals surface area contributed by atoms with Crippen LogP contribution in [0.3, 0.4) is 0 Å². The normalized spacial score (nSPS) is 17.7. The van der Waals surface area contributed by atoms with Crippen LogP contribution in [0.1, 0.15) is 42.0 Å². The van der Waals surface area contributed by atoms with E-state index >= 15 is 8.78 Å². The van der Waals surface area contributed by atoms with Crippen LogP contribution in [-0.4, -0.2) is 54.6 Å². The molecule has 1 aliphatic rings. The summed E-state index contributed by atoms with van der Waals surface area (Å²) in [7, 11) is -0.0133. The Morgan fingerprint density at radius 1 is 0.900 bits per heavy atom. The van der Waals surface area contributed by atoms with Crippen LogP contribution in [0.4, 0.5) is 14.6 Å². The van der Waals surface area contributed by atoms with Crippen LogP contribution in [0.5, 0.6) is 17.2 Å². The van der Waals surface area contributed by atoms with Crippen molar-refractivity contribution in [1.29, 1.82) is 0 Å². The van der Waals surface area contributed by atoms with Crippen LogP contribution in [-0.2, 0) is 35.0 Å². The standard InChI is InChI=1S/C36H37F2N5O6S/c1-42-29(14-17-41-42)36-30(48-22-24-8-5-4-6-9-24)10-7-11-31(36)49-33-19-28(38)34(20-27(33)37)50(44,45)43(35-15-16-39-23-40-35)21-25-12-13-26(46-2)18-32(25)47-3/h4-6,8-9,12-20,23,30-31,36H,7,10-11,21-22H2,1-3H3/t30-,31+,36+/m1/s1. The average Bonchev–Trinajstić information content (AvgIpc) is 3.56. The van der Waals surface area contributed by atoms with Crippen LogP contribution < -0.4 is 18.5 Å². The van der Waals surface area contributed by atoms with Gasteiger partial charge in [-0.2, -0.15) is 5.10 Å². The van der Waals surface area contributed by atoms with E-state index in [0.29, 0.717) is 36.2 Å². The van der Waals surface area contributed by atoms with Crippen LogP contribution in [0.25, 0.3) is 0 Å². The van der Waals surface area contributed by atoms with Crippen molar-refractivity contribution < 1.29 is 36.1 Å². The predicted molar refractivity (Wildman–Crippen MR) is 181 cm³/mol. The molecule has 0 amide bonds. The van der Waals surface area contributed by atoms with Crippen LogP contribution in [0.2, 0.25) is 0 Å². The number of hydrogen-bond acceptors (Lipinski definition) is 9. The summed E-state index contributed by atoms with van der Waals surface area (Å²) >= 11 is 0. The van der Waals surface area contributed by atoms with E-state index in [0.717, 1.165) is 40.8 Å². The summed E-state index contributed by atoms with van der Waals surface area (Å²) in [6.45, 7) is 0.0536. The average molecular weight is 706 g/mol. The Labute approximate surface area is 289 Å². The monoisotopic (exact) mass is 705 g/mol. The van der Waals surface area contributed by atoms with Gasteiger partial charge in [0.05, 0.1) is 39.4 Å². The van der Waals surface area contributed by atoms with E-state index in [1.54, 1.807) is 36.1 Å². The molecule has 0 spiro atoms. The molecule has 0 unspecified atom stereocenters. The van der Waals surface area contributed by atoms with Crippen molar-refractivity contribution in [2.45, 2.75) is 55.4 Å². The van der Waals surface area contributed by atoms with Crippen molar-refractivity contribution in [1.82, 2.24) is 19.7 Å². The zero-order chi connectivity index (χ0) is 35.3. The summed E-state index contributed by atoms with van der Waals surface area (Å²) < 4.78 is 86.1. The van der Waals surface area contributed by atoms with E-state index in [9.17, 15) is 8.42 Å². The Balaban J connectivity index is 1.31. The fraction of sp³-hybridized carbons (Fsp3) is 0.306. The highest BCUT2D eigenvalue weighted by Gasteiger charge is 2.39. The molecule has 1 fully saturated rings. The fourth-order valence-corrected chi connectivity index (χ4v) is 7.70. The molecule has 11 nitrogen and oxygen atoms in total. The van der Waals surface area contributed by atoms with Gasteiger partial charge in [0.25, 0.3) is 10.0 Å². The summed E-state index contributed by atoms with van der Waals surface area (Å²) in [5, 5.41) is 4.32. The van der Waals surface area contributed by atoms with Crippen molar-refractivity contribution in [3.05, 3.63) is 120 Å². The molecule has 14 heteroatoms. The number of rotatable bonds is 13. The van der Waals surface area contributed by atoms with Gasteiger partial charge < -0.3 is 18.9 Å². The number of sulfonamides is 1. The van der Waals surface area contributed by atoms with Gasteiger partial charge >= 0.3 is 0 Å². The molecule has 2 aromatic heterocycles. The summed E-state index contributed by atoms with van der Waals surface area (Å²) in [6.07, 6.45) is 5.25. The van der Waals surface area contributed by atoms with E-state index in [-0.39, 0.29) is 24.4 Å². The second-order valence-electron chi connectivity index (χ2n) is 11.8. The van der Waals surface area contributed by atoms with Gasteiger partial charge in [0.1, 0.15) is 40.5 Å². The molecule has 0 aliphatic heterocycles. The lowest BCUT2D eigenvalue weighted by molar-refractivity contribution is -0.0383. The molecule has 0 radical (unpaired) electrons. The Morgan fingerprint density at radius 3 is 2.40 bits per heavy atom. The third-order valence-corrected chi connectivity index (χ3v) is 10.5. The highest BCUT2D eigenvalue weighted by molar-refractivity contribution is 7.92. The van der Waals surface area contributed by atoms with Crippen LogP contribution in [0, 0.1) is 11.6 Å². The second-order valence-corrected chi connectivity index (χ2v) is 13.6. The van der Waals surface area contributed by atoms with E-state index in [1.165, 1.54) is 26.5 Å². The molecule has 3 atom stereocenters. The Hall–Kier alpha value is -5.08. The van der Waals surface area contributed by atoms with Gasteiger partial charge in [-0.3, -0.25) is 4.68 Å². The number of aromatic nitrogens is 4. The molecule has 1 aliphatic carbocycles. The molecular formula is C36H37F2N5O6S. The highest BCUT2D eigenvalue weighted by Crippen LogP contribution is 2.40. The van der Waals surface area contributed by atoms with Crippen molar-refractivity contribution >= 4 is 15.8 Å². The first-order valence-electron chi connectivity index (χ1n) is 16.0. The van der Waals surface area contributed by atoms with E-state index in [4.69, 9.17) is 18.9 Å². The molecule has 5 aromatic rings. The van der Waals surface area contributed by atoms with E-state index < -0.39 is 38.4 Å². The number of aryl methyl sites for hydroxylation is 1. The summed E-state index contributed by atoms with van der Waals surface area (Å²) in [4.78, 5) is 7.08. The maximum atomic E-state index is 16.0. The van der Waals surface area contributed by atoms with Gasteiger partial charge in [-0.25, -0.2) is 31.5 Å². The minimum absolute atomic E-state index is 0.0548. The lowest BCUT2D eigenvalue weighted by Crippen LogP contribution is -2.40. The van der Waals surface area contributed by atoms with Gasteiger partial charge in [-0.05, 0) is 43.0 Å². The number of methoxy groups -OCH3 is 2. The SMILES string of the molecule is COc1ccc(CN(c2ccncn2)S(=O)(=O)c2cc(F)c(O[C@H]3CCC[C@@H](OCc4ccccc4)[C@@H]3c3ccnn3C)cc2F)c(OC)c1. The van der Waals surface area contributed by atoms with Crippen molar-refractivity contribution in [2.24, 2.45) is 7.05 Å². The lowest BCUT2D eigenvalue weighted by atomic mass is 9.81. The smallest absolute Gasteiger partial charge is 0.268 e. The largest absolute Gasteiger partial charge is 0.497 e. The molecule has 0 bridgehead atoms. The predicted octanol–water partition coefficient (Wildman–Crippen LogP) is 6.20. The third-order valence-electron chi connectivity index (χ3n) is 8.75. The van der Waals surface area contributed by atoms with Gasteiger partial charge in [0, 0.05) is 55.0 Å². The Bertz CT molecular complexity index is 2020. The molecule has 2 heterocycles. The lowest BCUT2D eigenvalue weighted by Gasteiger charge is -2.38. The maximum absolute atomic E-state index is 16.0. The topological polar surface area (TPSA) is 118 Å². The van der Waals surface area contributed by atoms with Crippen molar-refractivity contribution in [3.63, 3.8) is 0 Å². The number of nitrogens with zero attached hydrogens (tertiary/aromatic N) is 5. The van der Waals surface area contributed by atoms with E-state index in [1.807, 2.05) is 36.4 Å². The Morgan fingerprint density at radius 2 is 1.70 bits per heavy atom. The number of anilines is 1. The van der Waals surface area contributed by atoms with E-state index in [2.05, 4.69) is 15.1 Å². The summed E-state index contributed by atoms with van der Waals surface area (Å²) in [6, 6.07) is 19.2. The van der Waals surface area contributed by atoms with Gasteiger partial charge in [0.2, 0.25) is 0 Å². The minimum atomic E-state index is -4.74. The molecule has 0 saturated heterocycles. The fourth-order valence-electron chi connectivity index (χ4n) is 6.25. The molecule has 262 valence electrons. The first-order valence-corrected chi connectivity index (χ1v) is 17.4. The molecule has 50 heavy (non-hydrogen) atoms. The third kappa shape index (κ3) is 7.41. The first-order chi connectivity index (χ1) is 24.2. The van der Waals surface area contributed by atoms with Gasteiger partial charge in [-0.15, -0.1) is 0 Å². The first kappa shape index (κ1) is 34.8. The number of benzene rings is 3.